The third-order valence-corrected chi connectivity index (χ3v) is 6.45. The highest BCUT2D eigenvalue weighted by molar-refractivity contribution is 5.75. The molecule has 0 radical (unpaired) electrons. The maximum atomic E-state index is 11.9. The van der Waals surface area contributed by atoms with E-state index in [2.05, 4.69) is 13.8 Å². The summed E-state index contributed by atoms with van der Waals surface area (Å²) in [7, 11) is 0. The molecule has 3 aliphatic heterocycles. The summed E-state index contributed by atoms with van der Waals surface area (Å²) >= 11 is 0. The molecule has 100 valence electrons. The Morgan fingerprint density at radius 1 is 1.22 bits per heavy atom. The van der Waals surface area contributed by atoms with Gasteiger partial charge in [0.15, 0.2) is 0 Å². The maximum Gasteiger partial charge on any atom is 0.309 e. The number of ether oxygens (including phenoxy) is 2. The number of esters is 1. The van der Waals surface area contributed by atoms with Crippen molar-refractivity contribution in [2.45, 2.75) is 64.3 Å². The second-order valence-corrected chi connectivity index (χ2v) is 7.33. The zero-order valence-electron chi connectivity index (χ0n) is 11.4. The lowest BCUT2D eigenvalue weighted by molar-refractivity contribution is -0.151. The summed E-state index contributed by atoms with van der Waals surface area (Å²) < 4.78 is 12.1. The van der Waals surface area contributed by atoms with Gasteiger partial charge in [0.25, 0.3) is 0 Å². The van der Waals surface area contributed by atoms with Crippen molar-refractivity contribution >= 4 is 5.97 Å². The summed E-state index contributed by atoms with van der Waals surface area (Å²) in [4.78, 5) is 11.9. The number of rotatable bonds is 0. The molecule has 18 heavy (non-hydrogen) atoms. The maximum absolute atomic E-state index is 11.9. The van der Waals surface area contributed by atoms with E-state index in [0.717, 1.165) is 12.8 Å². The third-order valence-electron chi connectivity index (χ3n) is 6.45. The first kappa shape index (κ1) is 11.3. The molecule has 3 heterocycles. The molecule has 2 bridgehead atoms. The fourth-order valence-electron chi connectivity index (χ4n) is 5.49. The van der Waals surface area contributed by atoms with E-state index >= 15 is 0 Å². The van der Waals surface area contributed by atoms with E-state index in [-0.39, 0.29) is 29.0 Å². The van der Waals surface area contributed by atoms with Crippen LogP contribution in [0.5, 0.6) is 0 Å². The molecular formula is C15H22O3. The third kappa shape index (κ3) is 1.08. The van der Waals surface area contributed by atoms with Crippen molar-refractivity contribution in [1.29, 1.82) is 0 Å². The van der Waals surface area contributed by atoms with Crippen molar-refractivity contribution < 1.29 is 14.3 Å². The Bertz CT molecular complexity index is 420. The van der Waals surface area contributed by atoms with Gasteiger partial charge in [-0.1, -0.05) is 13.8 Å². The van der Waals surface area contributed by atoms with Gasteiger partial charge in [0.1, 0.15) is 6.10 Å². The van der Waals surface area contributed by atoms with E-state index in [1.807, 2.05) is 6.92 Å². The zero-order valence-corrected chi connectivity index (χ0v) is 11.4. The molecule has 0 aromatic carbocycles. The van der Waals surface area contributed by atoms with Gasteiger partial charge in [-0.25, -0.2) is 0 Å². The van der Waals surface area contributed by atoms with Crippen molar-refractivity contribution in [2.75, 3.05) is 0 Å². The molecule has 1 saturated carbocycles. The van der Waals surface area contributed by atoms with Crippen LogP contribution in [0.1, 0.15) is 46.5 Å². The Morgan fingerprint density at radius 2 is 2.00 bits per heavy atom. The van der Waals surface area contributed by atoms with Crippen LogP contribution in [0.25, 0.3) is 0 Å². The smallest absolute Gasteiger partial charge is 0.309 e. The molecule has 4 fully saturated rings. The van der Waals surface area contributed by atoms with Crippen LogP contribution in [0.4, 0.5) is 0 Å². The SMILES string of the molecule is C[C@H]1C(=O)O[C@@H]2C3[C@]4(C)CC[C@@H](O4)[C@]3(C)CC[C@H]21. The first-order valence-electron chi connectivity index (χ1n) is 7.34. The molecule has 0 aromatic heterocycles. The van der Waals surface area contributed by atoms with Crippen LogP contribution in [-0.4, -0.2) is 23.8 Å². The Balaban J connectivity index is 1.77. The van der Waals surface area contributed by atoms with Crippen molar-refractivity contribution in [1.82, 2.24) is 0 Å². The topological polar surface area (TPSA) is 35.5 Å². The summed E-state index contributed by atoms with van der Waals surface area (Å²) in [6.07, 6.45) is 5.14. The lowest BCUT2D eigenvalue weighted by atomic mass is 9.53. The molecule has 0 N–H and O–H groups in total. The molecular weight excluding hydrogens is 228 g/mol. The second kappa shape index (κ2) is 3.12. The fourth-order valence-corrected chi connectivity index (χ4v) is 5.49. The van der Waals surface area contributed by atoms with E-state index < -0.39 is 0 Å². The Morgan fingerprint density at radius 3 is 2.78 bits per heavy atom. The van der Waals surface area contributed by atoms with Crippen LogP contribution < -0.4 is 0 Å². The summed E-state index contributed by atoms with van der Waals surface area (Å²) in [6, 6.07) is 0. The normalized spacial score (nSPS) is 61.5. The number of hydrogen-bond donors (Lipinski definition) is 0. The van der Waals surface area contributed by atoms with Gasteiger partial charge in [0.2, 0.25) is 0 Å². The van der Waals surface area contributed by atoms with Crippen molar-refractivity contribution in [3.05, 3.63) is 0 Å². The average Bonchev–Trinajstić information content (AvgIpc) is 2.89. The number of carbonyl (C=O) groups is 1. The summed E-state index contributed by atoms with van der Waals surface area (Å²) in [5.41, 5.74) is 0.186. The van der Waals surface area contributed by atoms with E-state index in [0.29, 0.717) is 17.9 Å². The number of fused-ring (bicyclic) bond motifs is 7. The van der Waals surface area contributed by atoms with Gasteiger partial charge in [-0.05, 0) is 32.6 Å². The Hall–Kier alpha value is -0.570. The molecule has 4 aliphatic rings. The largest absolute Gasteiger partial charge is 0.461 e. The van der Waals surface area contributed by atoms with Crippen LogP contribution in [0.3, 0.4) is 0 Å². The first-order chi connectivity index (χ1) is 8.46. The number of hydrogen-bond acceptors (Lipinski definition) is 3. The highest BCUT2D eigenvalue weighted by Gasteiger charge is 2.70. The molecule has 3 nitrogen and oxygen atoms in total. The molecule has 3 heteroatoms. The van der Waals surface area contributed by atoms with E-state index in [4.69, 9.17) is 9.47 Å². The van der Waals surface area contributed by atoms with Gasteiger partial charge in [0, 0.05) is 17.3 Å². The molecule has 3 saturated heterocycles. The van der Waals surface area contributed by atoms with Crippen LogP contribution >= 0.6 is 0 Å². The van der Waals surface area contributed by atoms with Crippen LogP contribution in [0.2, 0.25) is 0 Å². The predicted octanol–water partition coefficient (Wildman–Crippen LogP) is 2.53. The number of carbonyl (C=O) groups excluding carboxylic acids is 1. The molecule has 1 unspecified atom stereocenters. The lowest BCUT2D eigenvalue weighted by Gasteiger charge is -2.49. The zero-order chi connectivity index (χ0) is 12.7. The van der Waals surface area contributed by atoms with E-state index in [1.54, 1.807) is 0 Å². The molecule has 1 aliphatic carbocycles. The Labute approximate surface area is 108 Å². The van der Waals surface area contributed by atoms with Gasteiger partial charge in [0.05, 0.1) is 17.6 Å². The minimum absolute atomic E-state index is 0.0145. The van der Waals surface area contributed by atoms with Gasteiger partial charge >= 0.3 is 5.97 Å². The van der Waals surface area contributed by atoms with Gasteiger partial charge < -0.3 is 9.47 Å². The molecule has 4 rings (SSSR count). The van der Waals surface area contributed by atoms with E-state index in [9.17, 15) is 4.79 Å². The standard InChI is InChI=1S/C15H22O3/c1-8-9-4-6-14(2)10-5-7-15(3,18-10)12(14)11(9)17-13(8)16/h8-12H,4-7H2,1-3H3/t8-,9+,10-,11+,12?,14+,15+/m1/s1. The summed E-state index contributed by atoms with van der Waals surface area (Å²) in [5.74, 6) is 0.939. The fraction of sp³-hybridized carbons (Fsp3) is 0.933. The highest BCUT2D eigenvalue weighted by Crippen LogP contribution is 2.66. The highest BCUT2D eigenvalue weighted by atomic mass is 16.6. The lowest BCUT2D eigenvalue weighted by Crippen LogP contribution is -2.53. The van der Waals surface area contributed by atoms with Crippen molar-refractivity contribution in [2.24, 2.45) is 23.2 Å². The Kier molecular flexibility index (Phi) is 1.95. The predicted molar refractivity (Wildman–Crippen MR) is 65.9 cm³/mol. The van der Waals surface area contributed by atoms with Crippen molar-refractivity contribution in [3.8, 4) is 0 Å². The minimum atomic E-state index is -0.0485. The average molecular weight is 250 g/mol. The van der Waals surface area contributed by atoms with Gasteiger partial charge in [-0.2, -0.15) is 0 Å². The van der Waals surface area contributed by atoms with Crippen LogP contribution in [-0.2, 0) is 14.3 Å². The summed E-state index contributed by atoms with van der Waals surface area (Å²) in [6.45, 7) is 6.63. The van der Waals surface area contributed by atoms with Crippen LogP contribution in [0.15, 0.2) is 0 Å². The van der Waals surface area contributed by atoms with Gasteiger partial charge in [-0.3, -0.25) is 4.79 Å². The molecule has 0 spiro atoms. The second-order valence-electron chi connectivity index (χ2n) is 7.33. The molecule has 0 amide bonds. The molecule has 0 aromatic rings. The van der Waals surface area contributed by atoms with Gasteiger partial charge in [-0.15, -0.1) is 0 Å². The van der Waals surface area contributed by atoms with Crippen molar-refractivity contribution in [3.63, 3.8) is 0 Å². The first-order valence-corrected chi connectivity index (χ1v) is 7.34. The molecule has 7 atom stereocenters. The quantitative estimate of drug-likeness (QED) is 0.620. The van der Waals surface area contributed by atoms with Crippen LogP contribution in [0, 0.1) is 23.2 Å². The van der Waals surface area contributed by atoms with E-state index in [1.165, 1.54) is 12.8 Å². The minimum Gasteiger partial charge on any atom is -0.461 e. The summed E-state index contributed by atoms with van der Waals surface area (Å²) in [5, 5.41) is 0. The monoisotopic (exact) mass is 250 g/mol.